The lowest BCUT2D eigenvalue weighted by molar-refractivity contribution is 1.47. The second kappa shape index (κ2) is 7.09. The van der Waals surface area contributed by atoms with E-state index in [-0.39, 0.29) is 0 Å². The molecule has 0 heteroatoms. The van der Waals surface area contributed by atoms with E-state index in [2.05, 4.69) is 92.9 Å². The zero-order valence-corrected chi connectivity index (χ0v) is 15.6. The standard InChI is InChI=1S/C27H22/c1-4-22-23(5-2)27(21-17-15-19(3)16-18-21)25-14-10-9-13-24(25)26(22)20-11-7-6-8-12-20/h4-18H,1-2H2,3H3. The fraction of sp³-hybridized carbons (Fsp3) is 0.0370. The van der Waals surface area contributed by atoms with Crippen molar-refractivity contribution in [3.8, 4) is 22.3 Å². The number of hydrogen-bond donors (Lipinski definition) is 0. The Morgan fingerprint density at radius 3 is 1.48 bits per heavy atom. The maximum absolute atomic E-state index is 4.14. The van der Waals surface area contributed by atoms with Gasteiger partial charge >= 0.3 is 0 Å². The van der Waals surface area contributed by atoms with Crippen molar-refractivity contribution >= 4 is 22.9 Å². The highest BCUT2D eigenvalue weighted by molar-refractivity contribution is 6.11. The van der Waals surface area contributed by atoms with Crippen LogP contribution in [0.3, 0.4) is 0 Å². The Balaban J connectivity index is 2.19. The molecule has 0 aliphatic carbocycles. The van der Waals surface area contributed by atoms with Crippen molar-refractivity contribution in [2.75, 3.05) is 0 Å². The van der Waals surface area contributed by atoms with Crippen LogP contribution in [0.1, 0.15) is 16.7 Å². The zero-order valence-electron chi connectivity index (χ0n) is 15.6. The van der Waals surface area contributed by atoms with E-state index >= 15 is 0 Å². The lowest BCUT2D eigenvalue weighted by Gasteiger charge is -2.20. The Morgan fingerprint density at radius 2 is 1.00 bits per heavy atom. The van der Waals surface area contributed by atoms with Gasteiger partial charge in [0.2, 0.25) is 0 Å². The van der Waals surface area contributed by atoms with Gasteiger partial charge in [-0.3, -0.25) is 0 Å². The van der Waals surface area contributed by atoms with E-state index in [9.17, 15) is 0 Å². The first-order valence-electron chi connectivity index (χ1n) is 9.20. The number of rotatable bonds is 4. The highest BCUT2D eigenvalue weighted by Crippen LogP contribution is 2.43. The highest BCUT2D eigenvalue weighted by atomic mass is 14.2. The fourth-order valence-electron chi connectivity index (χ4n) is 3.85. The van der Waals surface area contributed by atoms with Crippen LogP contribution < -0.4 is 0 Å². The molecule has 0 atom stereocenters. The third kappa shape index (κ3) is 2.90. The second-order valence-electron chi connectivity index (χ2n) is 6.76. The number of aryl methyl sites for hydroxylation is 1. The average molecular weight is 346 g/mol. The summed E-state index contributed by atoms with van der Waals surface area (Å²) in [6, 6.07) is 27.9. The van der Waals surface area contributed by atoms with Crippen LogP contribution in [0, 0.1) is 6.92 Å². The molecule has 0 aliphatic heterocycles. The van der Waals surface area contributed by atoms with Gasteiger partial charge in [-0.05, 0) is 51.1 Å². The molecule has 4 aromatic rings. The number of benzene rings is 4. The quantitative estimate of drug-likeness (QED) is 0.354. The molecule has 0 amide bonds. The van der Waals surface area contributed by atoms with Crippen LogP contribution in [0.5, 0.6) is 0 Å². The summed E-state index contributed by atoms with van der Waals surface area (Å²) in [5, 5.41) is 2.47. The average Bonchev–Trinajstić information content (AvgIpc) is 2.73. The Bertz CT molecular complexity index is 1130. The maximum atomic E-state index is 4.14. The molecule has 0 aromatic heterocycles. The molecule has 0 N–H and O–H groups in total. The molecule has 0 radical (unpaired) electrons. The van der Waals surface area contributed by atoms with Crippen molar-refractivity contribution in [3.63, 3.8) is 0 Å². The fourth-order valence-corrected chi connectivity index (χ4v) is 3.85. The van der Waals surface area contributed by atoms with Crippen LogP contribution in [-0.4, -0.2) is 0 Å². The lowest BCUT2D eigenvalue weighted by atomic mass is 9.83. The SMILES string of the molecule is C=Cc1c(C=C)c(-c2ccc(C)cc2)c2ccccc2c1-c1ccccc1. The number of hydrogen-bond acceptors (Lipinski definition) is 0. The van der Waals surface area contributed by atoms with E-state index < -0.39 is 0 Å². The Kier molecular flexibility index (Phi) is 4.48. The molecule has 0 unspecified atom stereocenters. The minimum Gasteiger partial charge on any atom is -0.0984 e. The predicted molar refractivity (Wildman–Crippen MR) is 120 cm³/mol. The van der Waals surface area contributed by atoms with Gasteiger partial charge in [0.1, 0.15) is 0 Å². The number of fused-ring (bicyclic) bond motifs is 1. The zero-order chi connectivity index (χ0) is 18.8. The van der Waals surface area contributed by atoms with Crippen molar-refractivity contribution in [2.45, 2.75) is 6.92 Å². The first-order valence-corrected chi connectivity index (χ1v) is 9.20. The summed E-state index contributed by atoms with van der Waals surface area (Å²) in [6.45, 7) is 10.4. The van der Waals surface area contributed by atoms with Gasteiger partial charge in [-0.1, -0.05) is 110 Å². The molecule has 0 heterocycles. The Morgan fingerprint density at radius 1 is 0.556 bits per heavy atom. The smallest absolute Gasteiger partial charge is 0.00266 e. The van der Waals surface area contributed by atoms with E-state index in [4.69, 9.17) is 0 Å². The summed E-state index contributed by atoms with van der Waals surface area (Å²) in [5.41, 5.74) is 8.35. The molecule has 0 nitrogen and oxygen atoms in total. The molecule has 0 saturated carbocycles. The van der Waals surface area contributed by atoms with Crippen LogP contribution in [0.2, 0.25) is 0 Å². The molecule has 0 saturated heterocycles. The largest absolute Gasteiger partial charge is 0.0984 e. The van der Waals surface area contributed by atoms with Crippen molar-refractivity contribution in [2.24, 2.45) is 0 Å². The first-order chi connectivity index (χ1) is 13.2. The Hall–Kier alpha value is -3.38. The minimum absolute atomic E-state index is 1.13. The second-order valence-corrected chi connectivity index (χ2v) is 6.76. The van der Waals surface area contributed by atoms with Crippen LogP contribution in [0.15, 0.2) is 92.0 Å². The molecule has 0 fully saturated rings. The molecular formula is C27H22. The summed E-state index contributed by atoms with van der Waals surface area (Å²) < 4.78 is 0. The van der Waals surface area contributed by atoms with Crippen LogP contribution >= 0.6 is 0 Å². The van der Waals surface area contributed by atoms with Gasteiger partial charge in [-0.2, -0.15) is 0 Å². The normalized spacial score (nSPS) is 10.7. The predicted octanol–water partition coefficient (Wildman–Crippen LogP) is 7.77. The monoisotopic (exact) mass is 346 g/mol. The molecular weight excluding hydrogens is 324 g/mol. The van der Waals surface area contributed by atoms with E-state index in [1.54, 1.807) is 0 Å². The molecule has 0 aliphatic rings. The summed E-state index contributed by atoms with van der Waals surface area (Å²) in [7, 11) is 0. The first kappa shape index (κ1) is 17.1. The highest BCUT2D eigenvalue weighted by Gasteiger charge is 2.18. The van der Waals surface area contributed by atoms with Gasteiger partial charge in [0.25, 0.3) is 0 Å². The lowest BCUT2D eigenvalue weighted by Crippen LogP contribution is -1.95. The van der Waals surface area contributed by atoms with Gasteiger partial charge < -0.3 is 0 Å². The van der Waals surface area contributed by atoms with E-state index in [0.29, 0.717) is 0 Å². The van der Waals surface area contributed by atoms with Crippen LogP contribution in [0.25, 0.3) is 45.2 Å². The van der Waals surface area contributed by atoms with E-state index in [1.165, 1.54) is 38.6 Å². The third-order valence-electron chi connectivity index (χ3n) is 5.11. The van der Waals surface area contributed by atoms with Crippen molar-refractivity contribution < 1.29 is 0 Å². The molecule has 0 bridgehead atoms. The van der Waals surface area contributed by atoms with Crippen molar-refractivity contribution in [3.05, 3.63) is 109 Å². The molecule has 130 valence electrons. The van der Waals surface area contributed by atoms with Gasteiger partial charge in [-0.25, -0.2) is 0 Å². The molecule has 27 heavy (non-hydrogen) atoms. The third-order valence-corrected chi connectivity index (χ3v) is 5.11. The van der Waals surface area contributed by atoms with Gasteiger partial charge in [0, 0.05) is 0 Å². The van der Waals surface area contributed by atoms with E-state index in [0.717, 1.165) is 11.1 Å². The van der Waals surface area contributed by atoms with Crippen molar-refractivity contribution in [1.29, 1.82) is 0 Å². The van der Waals surface area contributed by atoms with E-state index in [1.807, 2.05) is 18.2 Å². The summed E-state index contributed by atoms with van der Waals surface area (Å²) in [4.78, 5) is 0. The Labute approximate surface area is 161 Å². The summed E-state index contributed by atoms with van der Waals surface area (Å²) in [6.07, 6.45) is 3.93. The van der Waals surface area contributed by atoms with Crippen molar-refractivity contribution in [1.82, 2.24) is 0 Å². The van der Waals surface area contributed by atoms with Gasteiger partial charge in [-0.15, -0.1) is 0 Å². The molecule has 4 rings (SSSR count). The summed E-state index contributed by atoms with van der Waals surface area (Å²) in [5.74, 6) is 0. The summed E-state index contributed by atoms with van der Waals surface area (Å²) >= 11 is 0. The topological polar surface area (TPSA) is 0 Å². The minimum atomic E-state index is 1.13. The van der Waals surface area contributed by atoms with Gasteiger partial charge in [0.15, 0.2) is 0 Å². The molecule has 4 aromatic carbocycles. The van der Waals surface area contributed by atoms with Crippen LogP contribution in [-0.2, 0) is 0 Å². The van der Waals surface area contributed by atoms with Gasteiger partial charge in [0.05, 0.1) is 0 Å². The molecule has 0 spiro atoms. The van der Waals surface area contributed by atoms with Crippen LogP contribution in [0.4, 0.5) is 0 Å². The maximum Gasteiger partial charge on any atom is -0.00266 e.